The van der Waals surface area contributed by atoms with Gasteiger partial charge in [0, 0.05) is 54.1 Å². The Hall–Kier alpha value is -3.76. The molecule has 0 aliphatic carbocycles. The molecular weight excluding hydrogens is 504 g/mol. The first-order chi connectivity index (χ1) is 17.8. The summed E-state index contributed by atoms with van der Waals surface area (Å²) >= 11 is 6.25. The van der Waals surface area contributed by atoms with E-state index in [9.17, 15) is 9.59 Å². The Labute approximate surface area is 217 Å². The van der Waals surface area contributed by atoms with E-state index in [0.29, 0.717) is 48.0 Å². The zero-order valence-electron chi connectivity index (χ0n) is 20.1. The van der Waals surface area contributed by atoms with Crippen molar-refractivity contribution in [3.05, 3.63) is 65.3 Å². The highest BCUT2D eigenvalue weighted by molar-refractivity contribution is 6.31. The second-order valence-electron chi connectivity index (χ2n) is 8.36. The SMILES string of the molecule is CCN1C(=O)N(c2c(F)cc(NCCNCCCC(=O)O)cc2F)c2cc(Cl)ccc2-c2cccnc21. The number of nitrogens with zero attached hydrogens (tertiary/aromatic N) is 3. The lowest BCUT2D eigenvalue weighted by atomic mass is 10.0. The highest BCUT2D eigenvalue weighted by Crippen LogP contribution is 2.45. The number of hydrogen-bond acceptors (Lipinski definition) is 5. The van der Waals surface area contributed by atoms with Gasteiger partial charge < -0.3 is 15.7 Å². The predicted molar refractivity (Wildman–Crippen MR) is 140 cm³/mol. The van der Waals surface area contributed by atoms with Crippen LogP contribution in [0.4, 0.5) is 36.5 Å². The fraction of sp³-hybridized carbons (Fsp3) is 0.269. The monoisotopic (exact) mass is 529 g/mol. The summed E-state index contributed by atoms with van der Waals surface area (Å²) in [6, 6.07) is 9.99. The number of anilines is 4. The molecule has 1 aromatic heterocycles. The van der Waals surface area contributed by atoms with Crippen molar-refractivity contribution in [1.82, 2.24) is 10.3 Å². The molecule has 8 nitrogen and oxygen atoms in total. The molecule has 194 valence electrons. The number of hydrogen-bond donors (Lipinski definition) is 3. The van der Waals surface area contributed by atoms with Crippen LogP contribution >= 0.6 is 11.6 Å². The lowest BCUT2D eigenvalue weighted by molar-refractivity contribution is -0.137. The van der Waals surface area contributed by atoms with Gasteiger partial charge in [-0.15, -0.1) is 0 Å². The summed E-state index contributed by atoms with van der Waals surface area (Å²) < 4.78 is 31.0. The smallest absolute Gasteiger partial charge is 0.334 e. The Morgan fingerprint density at radius 2 is 1.84 bits per heavy atom. The van der Waals surface area contributed by atoms with Gasteiger partial charge in [0.05, 0.1) is 5.69 Å². The van der Waals surface area contributed by atoms with E-state index in [1.165, 1.54) is 11.0 Å². The van der Waals surface area contributed by atoms with Gasteiger partial charge in [0.15, 0.2) is 11.6 Å². The molecule has 37 heavy (non-hydrogen) atoms. The minimum atomic E-state index is -0.925. The highest BCUT2D eigenvalue weighted by Gasteiger charge is 2.36. The number of rotatable bonds is 10. The van der Waals surface area contributed by atoms with Crippen molar-refractivity contribution in [2.75, 3.05) is 41.3 Å². The first-order valence-corrected chi connectivity index (χ1v) is 12.2. The normalized spacial score (nSPS) is 12.7. The molecule has 2 amide bonds. The van der Waals surface area contributed by atoms with Gasteiger partial charge >= 0.3 is 12.0 Å². The molecule has 0 saturated carbocycles. The highest BCUT2D eigenvalue weighted by atomic mass is 35.5. The van der Waals surface area contributed by atoms with Gasteiger partial charge in [0.25, 0.3) is 0 Å². The van der Waals surface area contributed by atoms with E-state index in [1.807, 2.05) is 0 Å². The molecule has 1 aliphatic rings. The minimum Gasteiger partial charge on any atom is -0.481 e. The van der Waals surface area contributed by atoms with Gasteiger partial charge in [-0.05, 0) is 56.3 Å². The van der Waals surface area contributed by atoms with Crippen LogP contribution in [-0.4, -0.2) is 48.3 Å². The summed E-state index contributed by atoms with van der Waals surface area (Å²) in [5, 5.41) is 15.0. The Morgan fingerprint density at radius 3 is 2.54 bits per heavy atom. The van der Waals surface area contributed by atoms with Crippen molar-refractivity contribution in [2.24, 2.45) is 0 Å². The van der Waals surface area contributed by atoms with E-state index < -0.39 is 29.3 Å². The van der Waals surface area contributed by atoms with Gasteiger partial charge in [0.1, 0.15) is 11.5 Å². The van der Waals surface area contributed by atoms with Crippen LogP contribution in [0.1, 0.15) is 19.8 Å². The molecule has 2 aromatic carbocycles. The van der Waals surface area contributed by atoms with Crippen LogP contribution in [0.3, 0.4) is 0 Å². The van der Waals surface area contributed by atoms with Crippen molar-refractivity contribution >= 4 is 46.5 Å². The molecule has 0 radical (unpaired) electrons. The second kappa shape index (κ2) is 11.5. The topological polar surface area (TPSA) is 97.8 Å². The maximum atomic E-state index is 15.5. The predicted octanol–water partition coefficient (Wildman–Crippen LogP) is 5.64. The molecule has 0 unspecified atom stereocenters. The summed E-state index contributed by atoms with van der Waals surface area (Å²) in [4.78, 5) is 31.0. The van der Waals surface area contributed by atoms with E-state index in [2.05, 4.69) is 15.6 Å². The van der Waals surface area contributed by atoms with Gasteiger partial charge in [-0.3, -0.25) is 14.6 Å². The Bertz CT molecular complexity index is 1300. The number of carboxylic acid groups (broad SMARTS) is 1. The fourth-order valence-electron chi connectivity index (χ4n) is 4.22. The van der Waals surface area contributed by atoms with E-state index in [0.717, 1.165) is 17.0 Å². The Morgan fingerprint density at radius 1 is 1.08 bits per heavy atom. The number of pyridine rings is 1. The van der Waals surface area contributed by atoms with Crippen molar-refractivity contribution in [1.29, 1.82) is 0 Å². The van der Waals surface area contributed by atoms with Crippen LogP contribution in [0.5, 0.6) is 0 Å². The summed E-state index contributed by atoms with van der Waals surface area (Å²) in [6.07, 6.45) is 2.11. The minimum absolute atomic E-state index is 0.0679. The maximum Gasteiger partial charge on any atom is 0.334 e. The largest absolute Gasteiger partial charge is 0.481 e. The number of halogens is 3. The third-order valence-electron chi connectivity index (χ3n) is 5.89. The van der Waals surface area contributed by atoms with Crippen molar-refractivity contribution in [2.45, 2.75) is 19.8 Å². The first-order valence-electron chi connectivity index (χ1n) is 11.8. The molecule has 4 rings (SSSR count). The third-order valence-corrected chi connectivity index (χ3v) is 6.12. The number of nitrogens with one attached hydrogen (secondary N) is 2. The standard InChI is InChI=1S/C26H26ClF2N5O3/c1-2-33-25-19(5-3-10-32-25)18-8-7-16(27)13-22(18)34(26(33)37)24-20(28)14-17(15-21(24)29)31-12-11-30-9-4-6-23(35)36/h3,5,7-8,10,13-15,30-31H,2,4,6,9,11-12H2,1H3,(H,35,36). The molecule has 11 heteroatoms. The average Bonchev–Trinajstić information content (AvgIpc) is 2.95. The zero-order chi connectivity index (χ0) is 26.5. The summed E-state index contributed by atoms with van der Waals surface area (Å²) in [7, 11) is 0. The van der Waals surface area contributed by atoms with Gasteiger partial charge in [-0.1, -0.05) is 17.7 Å². The number of carboxylic acids is 1. The number of fused-ring (bicyclic) bond motifs is 3. The summed E-state index contributed by atoms with van der Waals surface area (Å²) in [5.41, 5.74) is 1.13. The first kappa shape index (κ1) is 26.3. The zero-order valence-corrected chi connectivity index (χ0v) is 20.9. The lowest BCUT2D eigenvalue weighted by Gasteiger charge is -2.28. The van der Waals surface area contributed by atoms with Crippen LogP contribution in [0.15, 0.2) is 48.7 Å². The van der Waals surface area contributed by atoms with E-state index in [4.69, 9.17) is 16.7 Å². The molecule has 0 fully saturated rings. The van der Waals surface area contributed by atoms with Gasteiger partial charge in [-0.2, -0.15) is 0 Å². The molecule has 3 N–H and O–H groups in total. The van der Waals surface area contributed by atoms with Crippen LogP contribution in [0.2, 0.25) is 5.02 Å². The van der Waals surface area contributed by atoms with E-state index in [-0.39, 0.29) is 24.3 Å². The Kier molecular flexibility index (Phi) is 8.20. The number of benzene rings is 2. The molecule has 3 aromatic rings. The van der Waals surface area contributed by atoms with Crippen molar-refractivity contribution < 1.29 is 23.5 Å². The third kappa shape index (κ3) is 5.65. The number of aliphatic carboxylic acids is 1. The molecule has 2 heterocycles. The quantitative estimate of drug-likeness (QED) is 0.294. The van der Waals surface area contributed by atoms with Crippen LogP contribution in [0, 0.1) is 11.6 Å². The van der Waals surface area contributed by atoms with Crippen LogP contribution < -0.4 is 20.4 Å². The number of urea groups is 1. The molecule has 0 saturated heterocycles. The van der Waals surface area contributed by atoms with E-state index >= 15 is 8.78 Å². The Balaban J connectivity index is 1.64. The van der Waals surface area contributed by atoms with Gasteiger partial charge in [-0.25, -0.2) is 18.6 Å². The van der Waals surface area contributed by atoms with Gasteiger partial charge in [0.2, 0.25) is 0 Å². The van der Waals surface area contributed by atoms with Crippen molar-refractivity contribution in [3.63, 3.8) is 0 Å². The van der Waals surface area contributed by atoms with Crippen LogP contribution in [0.25, 0.3) is 11.1 Å². The number of carbonyl (C=O) groups excluding carboxylic acids is 1. The average molecular weight is 530 g/mol. The maximum absolute atomic E-state index is 15.5. The number of carbonyl (C=O) groups is 2. The molecule has 1 aliphatic heterocycles. The summed E-state index contributed by atoms with van der Waals surface area (Å²) in [6.45, 7) is 3.32. The number of amides is 2. The molecular formula is C26H26ClF2N5O3. The number of aromatic nitrogens is 1. The van der Waals surface area contributed by atoms with E-state index in [1.54, 1.807) is 37.4 Å². The summed E-state index contributed by atoms with van der Waals surface area (Å²) in [5.74, 6) is -2.32. The lowest BCUT2D eigenvalue weighted by Crippen LogP contribution is -2.41. The van der Waals surface area contributed by atoms with Crippen LogP contribution in [-0.2, 0) is 4.79 Å². The molecule has 0 atom stereocenters. The molecule has 0 bridgehead atoms. The van der Waals surface area contributed by atoms with Crippen molar-refractivity contribution in [3.8, 4) is 11.1 Å². The second-order valence-corrected chi connectivity index (χ2v) is 8.80. The molecule has 0 spiro atoms. The fourth-order valence-corrected chi connectivity index (χ4v) is 4.39.